The molecule has 0 unspecified atom stereocenters. The number of hydrogen-bond donors (Lipinski definition) is 1. The average Bonchev–Trinajstić information content (AvgIpc) is 2.87. The lowest BCUT2D eigenvalue weighted by atomic mass is 9.84. The fourth-order valence-corrected chi connectivity index (χ4v) is 3.27. The molecule has 1 aromatic heterocycles. The predicted molar refractivity (Wildman–Crippen MR) is 83.7 cm³/mol. The third-order valence-electron chi connectivity index (χ3n) is 4.85. The van der Waals surface area contributed by atoms with E-state index >= 15 is 0 Å². The van der Waals surface area contributed by atoms with Crippen LogP contribution in [-0.4, -0.2) is 38.8 Å². The maximum atomic E-state index is 4.41. The van der Waals surface area contributed by atoms with Crippen molar-refractivity contribution in [2.75, 3.05) is 13.1 Å². The molecule has 4 nitrogen and oxygen atoms in total. The van der Waals surface area contributed by atoms with Crippen molar-refractivity contribution < 1.29 is 0 Å². The molecule has 0 bridgehead atoms. The van der Waals surface area contributed by atoms with Crippen molar-refractivity contribution in [2.45, 2.75) is 71.6 Å². The Morgan fingerprint density at radius 3 is 2.50 bits per heavy atom. The smallest absolute Gasteiger partial charge is 0.0534 e. The average molecular weight is 278 g/mol. The molecule has 1 fully saturated rings. The zero-order chi connectivity index (χ0) is 14.8. The third kappa shape index (κ3) is 3.07. The van der Waals surface area contributed by atoms with Crippen molar-refractivity contribution in [1.29, 1.82) is 0 Å². The van der Waals surface area contributed by atoms with Crippen molar-refractivity contribution in [2.24, 2.45) is 0 Å². The molecule has 1 aromatic rings. The molecule has 2 rings (SSSR count). The van der Waals surface area contributed by atoms with E-state index in [-0.39, 0.29) is 11.1 Å². The Labute approximate surface area is 123 Å². The molecule has 1 N–H and O–H groups in total. The number of nitrogens with one attached hydrogen (secondary N) is 1. The standard InChI is InChI=1S/C16H30N4/c1-6-16(7-2)12-17-15(4,5)13-19(16)10-14-9-18-20(8-3)11-14/h9,11,17H,6-8,10,12-13H2,1-5H3. The van der Waals surface area contributed by atoms with Crippen molar-refractivity contribution in [3.8, 4) is 0 Å². The molecule has 0 amide bonds. The molecule has 20 heavy (non-hydrogen) atoms. The van der Waals surface area contributed by atoms with Gasteiger partial charge in [0.1, 0.15) is 0 Å². The van der Waals surface area contributed by atoms with Gasteiger partial charge in [-0.2, -0.15) is 5.10 Å². The highest BCUT2D eigenvalue weighted by Gasteiger charge is 2.41. The normalized spacial score (nSPS) is 22.1. The highest BCUT2D eigenvalue weighted by atomic mass is 15.3. The van der Waals surface area contributed by atoms with Crippen LogP contribution in [0.5, 0.6) is 0 Å². The highest BCUT2D eigenvalue weighted by Crippen LogP contribution is 2.31. The van der Waals surface area contributed by atoms with E-state index in [0.29, 0.717) is 0 Å². The van der Waals surface area contributed by atoms with Gasteiger partial charge in [0.25, 0.3) is 0 Å². The summed E-state index contributed by atoms with van der Waals surface area (Å²) in [6.07, 6.45) is 6.59. The largest absolute Gasteiger partial charge is 0.309 e. The van der Waals surface area contributed by atoms with E-state index in [1.54, 1.807) is 0 Å². The van der Waals surface area contributed by atoms with E-state index in [0.717, 1.165) is 26.2 Å². The summed E-state index contributed by atoms with van der Waals surface area (Å²) in [6.45, 7) is 15.5. The summed E-state index contributed by atoms with van der Waals surface area (Å²) in [5, 5.41) is 8.13. The van der Waals surface area contributed by atoms with Gasteiger partial charge in [-0.15, -0.1) is 0 Å². The summed E-state index contributed by atoms with van der Waals surface area (Å²) in [7, 11) is 0. The van der Waals surface area contributed by atoms with E-state index in [2.05, 4.69) is 56.1 Å². The van der Waals surface area contributed by atoms with Gasteiger partial charge in [0.2, 0.25) is 0 Å². The second-order valence-electron chi connectivity index (χ2n) is 6.73. The zero-order valence-electron chi connectivity index (χ0n) is 13.7. The van der Waals surface area contributed by atoms with Crippen LogP contribution in [0.1, 0.15) is 53.0 Å². The Morgan fingerprint density at radius 1 is 1.25 bits per heavy atom. The van der Waals surface area contributed by atoms with Gasteiger partial charge in [-0.3, -0.25) is 9.58 Å². The predicted octanol–water partition coefficient (Wildman–Crippen LogP) is 2.65. The van der Waals surface area contributed by atoms with Crippen molar-refractivity contribution in [3.05, 3.63) is 18.0 Å². The van der Waals surface area contributed by atoms with Crippen molar-refractivity contribution >= 4 is 0 Å². The summed E-state index contributed by atoms with van der Waals surface area (Å²) in [5.74, 6) is 0. The highest BCUT2D eigenvalue weighted by molar-refractivity contribution is 5.08. The molecule has 4 heteroatoms. The Bertz CT molecular complexity index is 431. The lowest BCUT2D eigenvalue weighted by molar-refractivity contribution is 0.00232. The Hall–Kier alpha value is -0.870. The lowest BCUT2D eigenvalue weighted by Crippen LogP contribution is -2.67. The molecule has 0 radical (unpaired) electrons. The SMILES string of the molecule is CCn1cc(CN2CC(C)(C)NCC2(CC)CC)cn1. The van der Waals surface area contributed by atoms with Crippen LogP contribution in [0.3, 0.4) is 0 Å². The summed E-state index contributed by atoms with van der Waals surface area (Å²) in [5.41, 5.74) is 1.80. The summed E-state index contributed by atoms with van der Waals surface area (Å²) in [4.78, 5) is 2.67. The molecule has 114 valence electrons. The minimum absolute atomic E-state index is 0.189. The van der Waals surface area contributed by atoms with Crippen LogP contribution < -0.4 is 5.32 Å². The molecular weight excluding hydrogens is 248 g/mol. The van der Waals surface area contributed by atoms with Gasteiger partial charge >= 0.3 is 0 Å². The molecule has 1 aliphatic heterocycles. The van der Waals surface area contributed by atoms with Crippen LogP contribution in [0.4, 0.5) is 0 Å². The monoisotopic (exact) mass is 278 g/mol. The Morgan fingerprint density at radius 2 is 1.95 bits per heavy atom. The van der Waals surface area contributed by atoms with Crippen LogP contribution >= 0.6 is 0 Å². The van der Waals surface area contributed by atoms with Crippen molar-refractivity contribution in [1.82, 2.24) is 20.0 Å². The van der Waals surface area contributed by atoms with E-state index in [4.69, 9.17) is 0 Å². The van der Waals surface area contributed by atoms with Gasteiger partial charge in [0, 0.05) is 49.0 Å². The van der Waals surface area contributed by atoms with E-state index in [1.807, 2.05) is 10.9 Å². The van der Waals surface area contributed by atoms with Crippen LogP contribution in [0.25, 0.3) is 0 Å². The first-order chi connectivity index (χ1) is 9.44. The number of aryl methyl sites for hydroxylation is 1. The first-order valence-electron chi connectivity index (χ1n) is 7.96. The quantitative estimate of drug-likeness (QED) is 0.899. The fraction of sp³-hybridized carbons (Fsp3) is 0.812. The molecule has 0 spiro atoms. The molecule has 1 saturated heterocycles. The molecule has 0 aliphatic carbocycles. The molecule has 1 aliphatic rings. The van der Waals surface area contributed by atoms with Gasteiger partial charge in [0.15, 0.2) is 0 Å². The zero-order valence-corrected chi connectivity index (χ0v) is 13.7. The molecular formula is C16H30N4. The number of hydrogen-bond acceptors (Lipinski definition) is 3. The number of rotatable bonds is 5. The fourth-order valence-electron chi connectivity index (χ4n) is 3.27. The van der Waals surface area contributed by atoms with Crippen LogP contribution in [0.15, 0.2) is 12.4 Å². The van der Waals surface area contributed by atoms with Crippen LogP contribution in [-0.2, 0) is 13.1 Å². The molecule has 0 atom stereocenters. The van der Waals surface area contributed by atoms with Crippen LogP contribution in [0, 0.1) is 0 Å². The van der Waals surface area contributed by atoms with Crippen molar-refractivity contribution in [3.63, 3.8) is 0 Å². The number of nitrogens with zero attached hydrogens (tertiary/aromatic N) is 3. The van der Waals surface area contributed by atoms with E-state index in [9.17, 15) is 0 Å². The van der Waals surface area contributed by atoms with E-state index < -0.39 is 0 Å². The minimum atomic E-state index is 0.189. The molecule has 2 heterocycles. The number of aromatic nitrogens is 2. The third-order valence-corrected chi connectivity index (χ3v) is 4.85. The summed E-state index contributed by atoms with van der Waals surface area (Å²) < 4.78 is 2.02. The first-order valence-corrected chi connectivity index (χ1v) is 7.96. The van der Waals surface area contributed by atoms with Gasteiger partial charge in [-0.05, 0) is 33.6 Å². The van der Waals surface area contributed by atoms with Gasteiger partial charge in [-0.25, -0.2) is 0 Å². The lowest BCUT2D eigenvalue weighted by Gasteiger charge is -2.52. The Balaban J connectivity index is 2.18. The summed E-state index contributed by atoms with van der Waals surface area (Å²) >= 11 is 0. The maximum absolute atomic E-state index is 4.41. The topological polar surface area (TPSA) is 33.1 Å². The second-order valence-corrected chi connectivity index (χ2v) is 6.73. The minimum Gasteiger partial charge on any atom is -0.309 e. The maximum Gasteiger partial charge on any atom is 0.0534 e. The van der Waals surface area contributed by atoms with Gasteiger partial charge in [-0.1, -0.05) is 13.8 Å². The first kappa shape index (κ1) is 15.5. The summed E-state index contributed by atoms with van der Waals surface area (Å²) in [6, 6.07) is 0. The van der Waals surface area contributed by atoms with E-state index in [1.165, 1.54) is 18.4 Å². The second kappa shape index (κ2) is 5.86. The van der Waals surface area contributed by atoms with Gasteiger partial charge < -0.3 is 5.32 Å². The van der Waals surface area contributed by atoms with Crippen LogP contribution in [0.2, 0.25) is 0 Å². The Kier molecular flexibility index (Phi) is 4.55. The molecule has 0 saturated carbocycles. The molecule has 0 aromatic carbocycles. The van der Waals surface area contributed by atoms with Gasteiger partial charge in [0.05, 0.1) is 6.20 Å². The number of piperazine rings is 1.